The van der Waals surface area contributed by atoms with Gasteiger partial charge in [-0.2, -0.15) is 0 Å². The number of hydrogen-bond acceptors (Lipinski definition) is 1. The summed E-state index contributed by atoms with van der Waals surface area (Å²) in [6.07, 6.45) is 0. The molecule has 76 valence electrons. The molecule has 0 aliphatic heterocycles. The first kappa shape index (κ1) is 11.4. The standard InChI is InChI=1S/C8H8Cl3N3/c1-14(8(12)13)7-3-5(10)4(9)2-6(7)11/h2-3H,1H3,(H3,12,13). The van der Waals surface area contributed by atoms with Gasteiger partial charge in [0.2, 0.25) is 0 Å². The van der Waals surface area contributed by atoms with Crippen molar-refractivity contribution in [2.45, 2.75) is 0 Å². The number of rotatable bonds is 1. The maximum absolute atomic E-state index is 7.23. The molecule has 0 aromatic heterocycles. The van der Waals surface area contributed by atoms with Crippen LogP contribution in [-0.2, 0) is 0 Å². The third kappa shape index (κ3) is 2.23. The molecule has 0 bridgehead atoms. The molecule has 0 aliphatic carbocycles. The van der Waals surface area contributed by atoms with E-state index in [1.54, 1.807) is 13.1 Å². The SMILES string of the molecule is CN(C(=N)N)c1cc(Cl)c(Cl)cc1Cl. The Labute approximate surface area is 96.9 Å². The number of hydrogen-bond donors (Lipinski definition) is 2. The third-order valence-corrected chi connectivity index (χ3v) is 2.74. The molecule has 0 unspecified atom stereocenters. The quantitative estimate of drug-likeness (QED) is 0.459. The van der Waals surface area contributed by atoms with Crippen molar-refractivity contribution in [2.75, 3.05) is 11.9 Å². The smallest absolute Gasteiger partial charge is 0.192 e. The van der Waals surface area contributed by atoms with Crippen molar-refractivity contribution in [1.29, 1.82) is 5.41 Å². The normalized spacial score (nSPS) is 10.0. The Bertz CT molecular complexity index is 378. The predicted molar refractivity (Wildman–Crippen MR) is 61.8 cm³/mol. The van der Waals surface area contributed by atoms with Gasteiger partial charge in [0.1, 0.15) is 0 Å². The van der Waals surface area contributed by atoms with E-state index in [9.17, 15) is 0 Å². The van der Waals surface area contributed by atoms with Gasteiger partial charge in [-0.3, -0.25) is 5.41 Å². The lowest BCUT2D eigenvalue weighted by atomic mass is 10.3. The van der Waals surface area contributed by atoms with Gasteiger partial charge >= 0.3 is 0 Å². The first-order valence-corrected chi connectivity index (χ1v) is 4.79. The highest BCUT2D eigenvalue weighted by atomic mass is 35.5. The van der Waals surface area contributed by atoms with E-state index in [-0.39, 0.29) is 5.96 Å². The molecule has 0 atom stereocenters. The Balaban J connectivity index is 3.22. The summed E-state index contributed by atoms with van der Waals surface area (Å²) in [5.74, 6) is -0.120. The van der Waals surface area contributed by atoms with Crippen molar-refractivity contribution in [3.8, 4) is 0 Å². The van der Waals surface area contributed by atoms with Crippen LogP contribution in [-0.4, -0.2) is 13.0 Å². The largest absolute Gasteiger partial charge is 0.370 e. The number of nitrogens with two attached hydrogens (primary N) is 1. The second kappa shape index (κ2) is 4.26. The molecule has 0 aliphatic rings. The molecule has 1 rings (SSSR count). The Morgan fingerprint density at radius 2 is 1.71 bits per heavy atom. The number of nitrogens with one attached hydrogen (secondary N) is 1. The molecule has 1 aromatic rings. The highest BCUT2D eigenvalue weighted by molar-refractivity contribution is 6.44. The molecule has 6 heteroatoms. The van der Waals surface area contributed by atoms with Crippen molar-refractivity contribution >= 4 is 46.4 Å². The van der Waals surface area contributed by atoms with Crippen LogP contribution < -0.4 is 10.6 Å². The van der Waals surface area contributed by atoms with E-state index in [0.29, 0.717) is 20.8 Å². The average molecular weight is 253 g/mol. The van der Waals surface area contributed by atoms with E-state index in [1.165, 1.54) is 11.0 Å². The van der Waals surface area contributed by atoms with Crippen molar-refractivity contribution in [1.82, 2.24) is 0 Å². The van der Waals surface area contributed by atoms with E-state index in [2.05, 4.69) is 0 Å². The van der Waals surface area contributed by atoms with Crippen LogP contribution in [0.2, 0.25) is 15.1 Å². The van der Waals surface area contributed by atoms with Gasteiger partial charge in [-0.15, -0.1) is 0 Å². The minimum absolute atomic E-state index is 0.120. The Morgan fingerprint density at radius 1 is 1.21 bits per heavy atom. The predicted octanol–water partition coefficient (Wildman–Crippen LogP) is 2.98. The van der Waals surface area contributed by atoms with Gasteiger partial charge in [-0.25, -0.2) is 0 Å². The molecule has 14 heavy (non-hydrogen) atoms. The fraction of sp³-hybridized carbons (Fsp3) is 0.125. The van der Waals surface area contributed by atoms with Gasteiger partial charge in [0.15, 0.2) is 5.96 Å². The fourth-order valence-corrected chi connectivity index (χ4v) is 1.57. The van der Waals surface area contributed by atoms with Crippen molar-refractivity contribution < 1.29 is 0 Å². The number of nitrogens with zero attached hydrogens (tertiary/aromatic N) is 1. The van der Waals surface area contributed by atoms with Gasteiger partial charge < -0.3 is 10.6 Å². The van der Waals surface area contributed by atoms with Crippen molar-refractivity contribution in [3.05, 3.63) is 27.2 Å². The molecule has 0 radical (unpaired) electrons. The highest BCUT2D eigenvalue weighted by Crippen LogP contribution is 2.33. The summed E-state index contributed by atoms with van der Waals surface area (Å²) in [6.45, 7) is 0. The molecular weight excluding hydrogens is 244 g/mol. The van der Waals surface area contributed by atoms with E-state index < -0.39 is 0 Å². The summed E-state index contributed by atoms with van der Waals surface area (Å²) in [4.78, 5) is 1.41. The third-order valence-electron chi connectivity index (χ3n) is 1.71. The molecule has 0 heterocycles. The second-order valence-corrected chi connectivity index (χ2v) is 3.88. The van der Waals surface area contributed by atoms with Crippen LogP contribution in [0.1, 0.15) is 0 Å². The minimum atomic E-state index is -0.120. The topological polar surface area (TPSA) is 53.1 Å². The first-order valence-electron chi connectivity index (χ1n) is 3.65. The number of anilines is 1. The Morgan fingerprint density at radius 3 is 2.21 bits per heavy atom. The lowest BCUT2D eigenvalue weighted by molar-refractivity contribution is 1.20. The maximum atomic E-state index is 7.23. The lowest BCUT2D eigenvalue weighted by Gasteiger charge is -2.18. The van der Waals surface area contributed by atoms with Crippen LogP contribution in [0.25, 0.3) is 0 Å². The summed E-state index contributed by atoms with van der Waals surface area (Å²) in [7, 11) is 1.62. The van der Waals surface area contributed by atoms with Crippen LogP contribution in [0.4, 0.5) is 5.69 Å². The Kier molecular flexibility index (Phi) is 3.48. The van der Waals surface area contributed by atoms with E-state index >= 15 is 0 Å². The molecule has 3 N–H and O–H groups in total. The van der Waals surface area contributed by atoms with Crippen molar-refractivity contribution in [2.24, 2.45) is 5.73 Å². The molecule has 0 amide bonds. The summed E-state index contributed by atoms with van der Waals surface area (Å²) < 4.78 is 0. The van der Waals surface area contributed by atoms with E-state index in [4.69, 9.17) is 45.9 Å². The molecule has 0 spiro atoms. The number of guanidine groups is 1. The van der Waals surface area contributed by atoms with Crippen LogP contribution in [0, 0.1) is 5.41 Å². The van der Waals surface area contributed by atoms with Crippen LogP contribution in [0.5, 0.6) is 0 Å². The van der Waals surface area contributed by atoms with Gasteiger partial charge in [0.25, 0.3) is 0 Å². The zero-order valence-corrected chi connectivity index (χ0v) is 9.58. The zero-order chi connectivity index (χ0) is 10.9. The summed E-state index contributed by atoms with van der Waals surface area (Å²) in [6, 6.07) is 3.08. The first-order chi connectivity index (χ1) is 6.43. The zero-order valence-electron chi connectivity index (χ0n) is 7.31. The molecule has 1 aromatic carbocycles. The Hall–Kier alpha value is -0.640. The summed E-state index contributed by atoms with van der Waals surface area (Å²) in [5, 5.41) is 8.37. The highest BCUT2D eigenvalue weighted by Gasteiger charge is 2.11. The minimum Gasteiger partial charge on any atom is -0.370 e. The number of halogens is 3. The van der Waals surface area contributed by atoms with E-state index in [1.807, 2.05) is 0 Å². The van der Waals surface area contributed by atoms with Gasteiger partial charge in [0, 0.05) is 7.05 Å². The monoisotopic (exact) mass is 251 g/mol. The summed E-state index contributed by atoms with van der Waals surface area (Å²) in [5.41, 5.74) is 5.85. The van der Waals surface area contributed by atoms with Gasteiger partial charge in [0.05, 0.1) is 20.8 Å². The van der Waals surface area contributed by atoms with Gasteiger partial charge in [-0.1, -0.05) is 34.8 Å². The molecule has 3 nitrogen and oxygen atoms in total. The van der Waals surface area contributed by atoms with E-state index in [0.717, 1.165) is 0 Å². The van der Waals surface area contributed by atoms with Crippen LogP contribution in [0.3, 0.4) is 0 Å². The fourth-order valence-electron chi connectivity index (χ4n) is 0.899. The van der Waals surface area contributed by atoms with Crippen LogP contribution in [0.15, 0.2) is 12.1 Å². The molecule has 0 saturated carbocycles. The molecule has 0 fully saturated rings. The second-order valence-electron chi connectivity index (χ2n) is 2.66. The maximum Gasteiger partial charge on any atom is 0.192 e. The van der Waals surface area contributed by atoms with Crippen LogP contribution >= 0.6 is 34.8 Å². The average Bonchev–Trinajstić information content (AvgIpc) is 2.10. The molecular formula is C8H8Cl3N3. The summed E-state index contributed by atoms with van der Waals surface area (Å²) >= 11 is 17.5. The van der Waals surface area contributed by atoms with Gasteiger partial charge in [-0.05, 0) is 12.1 Å². The lowest BCUT2D eigenvalue weighted by Crippen LogP contribution is -2.32. The number of benzene rings is 1. The molecule has 0 saturated heterocycles. The van der Waals surface area contributed by atoms with Crippen molar-refractivity contribution in [3.63, 3.8) is 0 Å².